The molecule has 0 fully saturated rings. The average Bonchev–Trinajstić information content (AvgIpc) is 2.32. The van der Waals surface area contributed by atoms with Crippen LogP contribution in [0.1, 0.15) is 12.5 Å². The molecular formula is C12H19NO3. The molecule has 0 heterocycles. The van der Waals surface area contributed by atoms with Gasteiger partial charge in [0.1, 0.15) is 5.75 Å². The summed E-state index contributed by atoms with van der Waals surface area (Å²) < 4.78 is 10.6. The normalized spacial score (nSPS) is 10.4. The Balaban J connectivity index is 2.46. The smallest absolute Gasteiger partial charge is 0.189 e. The monoisotopic (exact) mass is 225 g/mol. The first-order valence-electron chi connectivity index (χ1n) is 5.48. The highest BCUT2D eigenvalue weighted by molar-refractivity contribution is 5.33. The van der Waals surface area contributed by atoms with Crippen molar-refractivity contribution in [2.24, 2.45) is 0 Å². The van der Waals surface area contributed by atoms with E-state index in [1.54, 1.807) is 0 Å². The van der Waals surface area contributed by atoms with Crippen LogP contribution in [0.4, 0.5) is 0 Å². The molecule has 90 valence electrons. The topological polar surface area (TPSA) is 50.7 Å². The summed E-state index contributed by atoms with van der Waals surface area (Å²) >= 11 is 0. The maximum atomic E-state index is 8.67. The molecule has 0 aliphatic heterocycles. The predicted octanol–water partition coefficient (Wildman–Crippen LogP) is 1.14. The number of aliphatic hydroxyl groups excluding tert-OH is 1. The van der Waals surface area contributed by atoms with Crippen LogP contribution in [0.3, 0.4) is 0 Å². The standard InChI is InChI=1S/C12H19NO3/c1-2-15-10-16-12-6-4-3-5-11(12)9-13-7-8-14/h3-6,13-14H,2,7-10H2,1H3. The summed E-state index contributed by atoms with van der Waals surface area (Å²) in [5.41, 5.74) is 1.07. The molecular weight excluding hydrogens is 206 g/mol. The summed E-state index contributed by atoms with van der Waals surface area (Å²) in [5, 5.41) is 11.8. The van der Waals surface area contributed by atoms with Gasteiger partial charge in [0.15, 0.2) is 6.79 Å². The summed E-state index contributed by atoms with van der Waals surface area (Å²) in [5.74, 6) is 0.821. The zero-order chi connectivity index (χ0) is 11.6. The number of rotatable bonds is 8. The molecule has 16 heavy (non-hydrogen) atoms. The molecule has 0 spiro atoms. The van der Waals surface area contributed by atoms with Crippen LogP contribution in [0, 0.1) is 0 Å². The molecule has 0 aliphatic carbocycles. The minimum atomic E-state index is 0.141. The number of hydrogen-bond donors (Lipinski definition) is 2. The first-order chi connectivity index (χ1) is 7.88. The second-order valence-electron chi connectivity index (χ2n) is 3.26. The first-order valence-corrected chi connectivity index (χ1v) is 5.48. The van der Waals surface area contributed by atoms with Gasteiger partial charge in [-0.1, -0.05) is 18.2 Å². The van der Waals surface area contributed by atoms with Gasteiger partial charge in [0.25, 0.3) is 0 Å². The lowest BCUT2D eigenvalue weighted by atomic mass is 10.2. The Morgan fingerprint density at radius 2 is 2.12 bits per heavy atom. The molecule has 0 saturated heterocycles. The lowest BCUT2D eigenvalue weighted by Gasteiger charge is -2.11. The lowest BCUT2D eigenvalue weighted by Crippen LogP contribution is -2.18. The molecule has 2 N–H and O–H groups in total. The van der Waals surface area contributed by atoms with E-state index in [1.165, 1.54) is 0 Å². The highest BCUT2D eigenvalue weighted by Gasteiger charge is 2.01. The Kier molecular flexibility index (Phi) is 6.56. The van der Waals surface area contributed by atoms with Crippen molar-refractivity contribution >= 4 is 0 Å². The van der Waals surface area contributed by atoms with E-state index >= 15 is 0 Å². The third-order valence-corrected chi connectivity index (χ3v) is 2.08. The lowest BCUT2D eigenvalue weighted by molar-refractivity contribution is 0.0218. The molecule has 0 unspecified atom stereocenters. The summed E-state index contributed by atoms with van der Waals surface area (Å²) in [6.45, 7) is 4.25. The van der Waals surface area contributed by atoms with Crippen molar-refractivity contribution in [2.45, 2.75) is 13.5 Å². The molecule has 1 aromatic carbocycles. The summed E-state index contributed by atoms with van der Waals surface area (Å²) in [6.07, 6.45) is 0. The zero-order valence-electron chi connectivity index (χ0n) is 9.61. The van der Waals surface area contributed by atoms with Crippen LogP contribution in [-0.4, -0.2) is 31.7 Å². The van der Waals surface area contributed by atoms with Gasteiger partial charge in [0, 0.05) is 25.3 Å². The fourth-order valence-corrected chi connectivity index (χ4v) is 1.28. The summed E-state index contributed by atoms with van der Waals surface area (Å²) in [7, 11) is 0. The minimum Gasteiger partial charge on any atom is -0.467 e. The van der Waals surface area contributed by atoms with Gasteiger partial charge in [-0.3, -0.25) is 0 Å². The Hall–Kier alpha value is -1.10. The van der Waals surface area contributed by atoms with Gasteiger partial charge < -0.3 is 19.9 Å². The van der Waals surface area contributed by atoms with Crippen molar-refractivity contribution in [3.8, 4) is 5.75 Å². The van der Waals surface area contributed by atoms with Gasteiger partial charge in [-0.05, 0) is 13.0 Å². The number of nitrogens with one attached hydrogen (secondary N) is 1. The van der Waals surface area contributed by atoms with Gasteiger partial charge in [0.05, 0.1) is 6.61 Å². The quantitative estimate of drug-likeness (QED) is 0.514. The summed E-state index contributed by atoms with van der Waals surface area (Å²) in [4.78, 5) is 0. The SMILES string of the molecule is CCOCOc1ccccc1CNCCO. The van der Waals surface area contributed by atoms with E-state index in [9.17, 15) is 0 Å². The van der Waals surface area contributed by atoms with Gasteiger partial charge in [-0.2, -0.15) is 0 Å². The van der Waals surface area contributed by atoms with Crippen LogP contribution >= 0.6 is 0 Å². The van der Waals surface area contributed by atoms with E-state index in [1.807, 2.05) is 31.2 Å². The van der Waals surface area contributed by atoms with Crippen LogP contribution in [0.2, 0.25) is 0 Å². The molecule has 4 heteroatoms. The van der Waals surface area contributed by atoms with Crippen LogP contribution in [0.5, 0.6) is 5.75 Å². The Bertz CT molecular complexity index is 262. The molecule has 1 rings (SSSR count). The molecule has 0 atom stereocenters. The van der Waals surface area contributed by atoms with Gasteiger partial charge in [0.2, 0.25) is 0 Å². The fraction of sp³-hybridized carbons (Fsp3) is 0.500. The van der Waals surface area contributed by atoms with Crippen LogP contribution in [0.25, 0.3) is 0 Å². The largest absolute Gasteiger partial charge is 0.467 e. The molecule has 0 bridgehead atoms. The van der Waals surface area contributed by atoms with E-state index in [0.29, 0.717) is 19.7 Å². The van der Waals surface area contributed by atoms with E-state index in [-0.39, 0.29) is 13.4 Å². The van der Waals surface area contributed by atoms with Crippen molar-refractivity contribution in [3.63, 3.8) is 0 Å². The first kappa shape index (κ1) is 13.0. The van der Waals surface area contributed by atoms with Crippen LogP contribution < -0.4 is 10.1 Å². The van der Waals surface area contributed by atoms with Gasteiger partial charge in [-0.15, -0.1) is 0 Å². The van der Waals surface area contributed by atoms with Crippen molar-refractivity contribution in [2.75, 3.05) is 26.6 Å². The number of aliphatic hydroxyl groups is 1. The number of ether oxygens (including phenoxy) is 2. The maximum absolute atomic E-state index is 8.67. The second kappa shape index (κ2) is 8.10. The Morgan fingerprint density at radius 3 is 2.88 bits per heavy atom. The van der Waals surface area contributed by atoms with E-state index < -0.39 is 0 Å². The molecule has 4 nitrogen and oxygen atoms in total. The van der Waals surface area contributed by atoms with Crippen LogP contribution in [0.15, 0.2) is 24.3 Å². The number of hydrogen-bond acceptors (Lipinski definition) is 4. The second-order valence-corrected chi connectivity index (χ2v) is 3.26. The fourth-order valence-electron chi connectivity index (χ4n) is 1.28. The minimum absolute atomic E-state index is 0.141. The molecule has 0 aromatic heterocycles. The number of benzene rings is 1. The van der Waals surface area contributed by atoms with Crippen molar-refractivity contribution in [1.29, 1.82) is 0 Å². The molecule has 0 aliphatic rings. The third kappa shape index (κ3) is 4.61. The summed E-state index contributed by atoms with van der Waals surface area (Å²) in [6, 6.07) is 7.79. The predicted molar refractivity (Wildman–Crippen MR) is 62.4 cm³/mol. The van der Waals surface area contributed by atoms with Crippen LogP contribution in [-0.2, 0) is 11.3 Å². The maximum Gasteiger partial charge on any atom is 0.189 e. The Labute approximate surface area is 96.2 Å². The van der Waals surface area contributed by atoms with Crippen molar-refractivity contribution in [3.05, 3.63) is 29.8 Å². The Morgan fingerprint density at radius 1 is 1.31 bits per heavy atom. The molecule has 0 saturated carbocycles. The third-order valence-electron chi connectivity index (χ3n) is 2.08. The highest BCUT2D eigenvalue weighted by atomic mass is 16.7. The molecule has 0 radical (unpaired) electrons. The highest BCUT2D eigenvalue weighted by Crippen LogP contribution is 2.17. The molecule has 1 aromatic rings. The zero-order valence-corrected chi connectivity index (χ0v) is 9.61. The molecule has 0 amide bonds. The van der Waals surface area contributed by atoms with E-state index in [2.05, 4.69) is 5.32 Å². The van der Waals surface area contributed by atoms with Crippen molar-refractivity contribution < 1.29 is 14.6 Å². The van der Waals surface area contributed by atoms with Crippen molar-refractivity contribution in [1.82, 2.24) is 5.32 Å². The van der Waals surface area contributed by atoms with E-state index in [0.717, 1.165) is 11.3 Å². The average molecular weight is 225 g/mol. The van der Waals surface area contributed by atoms with Gasteiger partial charge >= 0.3 is 0 Å². The number of para-hydroxylation sites is 1. The van der Waals surface area contributed by atoms with E-state index in [4.69, 9.17) is 14.6 Å². The van der Waals surface area contributed by atoms with Gasteiger partial charge in [-0.25, -0.2) is 0 Å².